The largest absolute Gasteiger partial charge is 0.392 e. The molecule has 0 bridgehead atoms. The molecule has 1 N–H and O–H groups in total. The zero-order valence-electron chi connectivity index (χ0n) is 11.3. The molecular weight excluding hydrogens is 256 g/mol. The zero-order chi connectivity index (χ0) is 13.9. The van der Waals surface area contributed by atoms with Gasteiger partial charge in [-0.3, -0.25) is 0 Å². The normalized spacial score (nSPS) is 11.3. The Labute approximate surface area is 116 Å². The Bertz CT molecular complexity index is 717. The molecule has 0 spiro atoms. The summed E-state index contributed by atoms with van der Waals surface area (Å²) in [7, 11) is 0. The van der Waals surface area contributed by atoms with Gasteiger partial charge in [-0.2, -0.15) is 4.98 Å². The lowest BCUT2D eigenvalue weighted by Crippen LogP contribution is -1.99. The molecule has 0 aliphatic rings. The fraction of sp³-hybridized carbons (Fsp3) is 0.357. The molecular formula is C14H16N4O2. The number of aromatic nitrogens is 4. The first-order valence-electron chi connectivity index (χ1n) is 6.67. The third-order valence-corrected chi connectivity index (χ3v) is 3.18. The average Bonchev–Trinajstić information content (AvgIpc) is 3.05. The van der Waals surface area contributed by atoms with Crippen LogP contribution in [0.1, 0.15) is 30.6 Å². The summed E-state index contributed by atoms with van der Waals surface area (Å²) in [6.07, 6.45) is 5.41. The van der Waals surface area contributed by atoms with Crippen molar-refractivity contribution in [2.24, 2.45) is 0 Å². The van der Waals surface area contributed by atoms with Gasteiger partial charge in [-0.25, -0.2) is 4.98 Å². The number of rotatable bonds is 5. The summed E-state index contributed by atoms with van der Waals surface area (Å²) < 4.78 is 7.16. The van der Waals surface area contributed by atoms with E-state index in [2.05, 4.69) is 22.0 Å². The summed E-state index contributed by atoms with van der Waals surface area (Å²) in [4.78, 5) is 8.70. The van der Waals surface area contributed by atoms with Gasteiger partial charge in [0.15, 0.2) is 5.82 Å². The molecule has 3 aromatic heterocycles. The Kier molecular flexibility index (Phi) is 3.47. The van der Waals surface area contributed by atoms with Gasteiger partial charge < -0.3 is 14.2 Å². The van der Waals surface area contributed by atoms with Gasteiger partial charge in [0.1, 0.15) is 12.2 Å². The molecule has 104 valence electrons. The van der Waals surface area contributed by atoms with Gasteiger partial charge in [-0.1, -0.05) is 12.1 Å². The van der Waals surface area contributed by atoms with Crippen LogP contribution < -0.4 is 0 Å². The third kappa shape index (κ3) is 2.30. The van der Waals surface area contributed by atoms with Crippen molar-refractivity contribution in [3.63, 3.8) is 0 Å². The lowest BCUT2D eigenvalue weighted by Gasteiger charge is -1.99. The third-order valence-electron chi connectivity index (χ3n) is 3.18. The summed E-state index contributed by atoms with van der Waals surface area (Å²) in [6.45, 7) is 2.53. The molecule has 0 atom stereocenters. The van der Waals surface area contributed by atoms with E-state index in [-0.39, 0.29) is 6.61 Å². The molecule has 3 heterocycles. The highest BCUT2D eigenvalue weighted by Crippen LogP contribution is 2.20. The number of hydrogen-bond donors (Lipinski definition) is 1. The first kappa shape index (κ1) is 12.8. The molecule has 0 unspecified atom stereocenters. The van der Waals surface area contributed by atoms with Crippen LogP contribution in [0, 0.1) is 0 Å². The molecule has 0 aromatic carbocycles. The van der Waals surface area contributed by atoms with Gasteiger partial charge in [-0.05, 0) is 18.6 Å². The van der Waals surface area contributed by atoms with Crippen LogP contribution in [0.15, 0.2) is 29.0 Å². The van der Waals surface area contributed by atoms with Crippen LogP contribution >= 0.6 is 0 Å². The second-order valence-electron chi connectivity index (χ2n) is 4.67. The van der Waals surface area contributed by atoms with Crippen LogP contribution in [-0.4, -0.2) is 24.8 Å². The molecule has 0 aliphatic carbocycles. The maximum absolute atomic E-state index is 9.40. The second-order valence-corrected chi connectivity index (χ2v) is 4.67. The number of nitrogens with zero attached hydrogens (tertiary/aromatic N) is 4. The van der Waals surface area contributed by atoms with Crippen LogP contribution in [0.5, 0.6) is 0 Å². The van der Waals surface area contributed by atoms with Crippen molar-refractivity contribution in [1.82, 2.24) is 19.7 Å². The second kappa shape index (κ2) is 5.42. The van der Waals surface area contributed by atoms with Crippen LogP contribution in [-0.2, 0) is 19.6 Å². The highest BCUT2D eigenvalue weighted by molar-refractivity contribution is 5.80. The Balaban J connectivity index is 1.93. The van der Waals surface area contributed by atoms with Crippen molar-refractivity contribution in [3.8, 4) is 0 Å². The van der Waals surface area contributed by atoms with Gasteiger partial charge in [0, 0.05) is 29.8 Å². The Morgan fingerprint density at radius 3 is 3.10 bits per heavy atom. The summed E-state index contributed by atoms with van der Waals surface area (Å²) in [5.41, 5.74) is 1.66. The minimum absolute atomic E-state index is 0.0138. The molecule has 3 rings (SSSR count). The number of aryl methyl sites for hydroxylation is 1. The molecule has 0 amide bonds. The smallest absolute Gasteiger partial charge is 0.246 e. The quantitative estimate of drug-likeness (QED) is 0.767. The van der Waals surface area contributed by atoms with Crippen LogP contribution in [0.4, 0.5) is 0 Å². The van der Waals surface area contributed by atoms with Crippen molar-refractivity contribution in [2.75, 3.05) is 0 Å². The van der Waals surface area contributed by atoms with E-state index in [9.17, 15) is 5.11 Å². The maximum Gasteiger partial charge on any atom is 0.246 e. The highest BCUT2D eigenvalue weighted by Gasteiger charge is 2.12. The molecule has 20 heavy (non-hydrogen) atoms. The van der Waals surface area contributed by atoms with E-state index >= 15 is 0 Å². The molecule has 0 saturated heterocycles. The molecule has 0 fully saturated rings. The Morgan fingerprint density at radius 1 is 1.40 bits per heavy atom. The van der Waals surface area contributed by atoms with Gasteiger partial charge in [0.05, 0.1) is 6.61 Å². The average molecular weight is 272 g/mol. The Hall–Kier alpha value is -2.21. The fourth-order valence-corrected chi connectivity index (χ4v) is 2.27. The SMILES string of the molecule is CCCc1noc(Cn2cc(CO)c3cccnc32)n1. The highest BCUT2D eigenvalue weighted by atomic mass is 16.5. The molecule has 6 heteroatoms. The lowest BCUT2D eigenvalue weighted by molar-refractivity contribution is 0.283. The van der Waals surface area contributed by atoms with E-state index in [0.717, 1.165) is 35.3 Å². The van der Waals surface area contributed by atoms with E-state index in [1.807, 2.05) is 22.9 Å². The first-order valence-corrected chi connectivity index (χ1v) is 6.67. The molecule has 0 radical (unpaired) electrons. The minimum atomic E-state index is -0.0138. The van der Waals surface area contributed by atoms with Crippen LogP contribution in [0.3, 0.4) is 0 Å². The number of fused-ring (bicyclic) bond motifs is 1. The minimum Gasteiger partial charge on any atom is -0.392 e. The van der Waals surface area contributed by atoms with Crippen molar-refractivity contribution in [3.05, 3.63) is 41.8 Å². The van der Waals surface area contributed by atoms with Crippen LogP contribution in [0.25, 0.3) is 11.0 Å². The van der Waals surface area contributed by atoms with E-state index in [0.29, 0.717) is 12.4 Å². The van der Waals surface area contributed by atoms with Crippen molar-refractivity contribution >= 4 is 11.0 Å². The van der Waals surface area contributed by atoms with Crippen LogP contribution in [0.2, 0.25) is 0 Å². The fourth-order valence-electron chi connectivity index (χ4n) is 2.27. The van der Waals surface area contributed by atoms with E-state index in [1.54, 1.807) is 6.20 Å². The molecule has 0 aliphatic heterocycles. The maximum atomic E-state index is 9.40. The predicted molar refractivity (Wildman–Crippen MR) is 73.1 cm³/mol. The van der Waals surface area contributed by atoms with Gasteiger partial charge in [-0.15, -0.1) is 0 Å². The first-order chi connectivity index (χ1) is 9.81. The summed E-state index contributed by atoms with van der Waals surface area (Å²) >= 11 is 0. The number of aliphatic hydroxyl groups is 1. The van der Waals surface area contributed by atoms with Gasteiger partial charge >= 0.3 is 0 Å². The van der Waals surface area contributed by atoms with Gasteiger partial charge in [0.25, 0.3) is 0 Å². The standard InChI is InChI=1S/C14H16N4O2/c1-2-4-12-16-13(20-17-12)8-18-7-10(9-19)11-5-3-6-15-14(11)18/h3,5-7,19H,2,4,8-9H2,1H3. The summed E-state index contributed by atoms with van der Waals surface area (Å²) in [6, 6.07) is 3.80. The summed E-state index contributed by atoms with van der Waals surface area (Å²) in [5, 5.41) is 14.3. The predicted octanol–water partition coefficient (Wildman–Crippen LogP) is 1.91. The van der Waals surface area contributed by atoms with E-state index in [4.69, 9.17) is 4.52 Å². The van der Waals surface area contributed by atoms with Crippen molar-refractivity contribution in [2.45, 2.75) is 32.9 Å². The molecule has 6 nitrogen and oxygen atoms in total. The van der Waals surface area contributed by atoms with Crippen molar-refractivity contribution in [1.29, 1.82) is 0 Å². The van der Waals surface area contributed by atoms with E-state index in [1.165, 1.54) is 0 Å². The number of hydrogen-bond acceptors (Lipinski definition) is 5. The van der Waals surface area contributed by atoms with Crippen molar-refractivity contribution < 1.29 is 9.63 Å². The zero-order valence-corrected chi connectivity index (χ0v) is 11.3. The van der Waals surface area contributed by atoms with E-state index < -0.39 is 0 Å². The van der Waals surface area contributed by atoms with Gasteiger partial charge in [0.2, 0.25) is 5.89 Å². The summed E-state index contributed by atoms with van der Waals surface area (Å²) in [5.74, 6) is 1.29. The lowest BCUT2D eigenvalue weighted by atomic mass is 10.2. The number of pyridine rings is 1. The number of aliphatic hydroxyl groups excluding tert-OH is 1. The topological polar surface area (TPSA) is 77.0 Å². The Morgan fingerprint density at radius 2 is 2.30 bits per heavy atom. The monoisotopic (exact) mass is 272 g/mol. The molecule has 0 saturated carbocycles. The molecule has 3 aromatic rings.